The second-order valence-corrected chi connectivity index (χ2v) is 10.00. The molecule has 0 spiro atoms. The smallest absolute Gasteiger partial charge is 0.234 e. The highest BCUT2D eigenvalue weighted by Gasteiger charge is 2.22. The standard InChI is InChI=1S/C26H34Cl2N4O/c27-23-8-4-21(5-9-23)26(22-6-10-24(28)11-7-22)29-25(33)20-32-18-16-31(17-19-32)15-3-14-30-12-1-2-13-30/h4-11,26H,1-3,12-20H2,(H,29,33). The molecule has 1 amide bonds. The van der Waals surface area contributed by atoms with Crippen molar-refractivity contribution in [2.24, 2.45) is 0 Å². The van der Waals surface area contributed by atoms with Gasteiger partial charge in [-0.2, -0.15) is 0 Å². The Bertz CT molecular complexity index is 831. The number of carbonyl (C=O) groups is 1. The van der Waals surface area contributed by atoms with E-state index in [1.807, 2.05) is 48.5 Å². The highest BCUT2D eigenvalue weighted by molar-refractivity contribution is 6.30. The molecule has 2 fully saturated rings. The molecular weight excluding hydrogens is 455 g/mol. The minimum atomic E-state index is -0.237. The van der Waals surface area contributed by atoms with Crippen molar-refractivity contribution >= 4 is 29.1 Å². The van der Waals surface area contributed by atoms with Crippen LogP contribution >= 0.6 is 23.2 Å². The van der Waals surface area contributed by atoms with E-state index in [0.717, 1.165) is 43.9 Å². The minimum Gasteiger partial charge on any atom is -0.344 e. The number of rotatable bonds is 9. The maximum absolute atomic E-state index is 13.0. The highest BCUT2D eigenvalue weighted by Crippen LogP contribution is 2.25. The number of benzene rings is 2. The van der Waals surface area contributed by atoms with Crippen LogP contribution in [0.3, 0.4) is 0 Å². The second kappa shape index (κ2) is 12.2. The van der Waals surface area contributed by atoms with Gasteiger partial charge in [0.05, 0.1) is 12.6 Å². The normalized spacial score (nSPS) is 18.2. The lowest BCUT2D eigenvalue weighted by Gasteiger charge is -2.34. The Morgan fingerprint density at radius 3 is 1.70 bits per heavy atom. The van der Waals surface area contributed by atoms with Crippen LogP contribution in [0.4, 0.5) is 0 Å². The fraction of sp³-hybridized carbons (Fsp3) is 0.500. The summed E-state index contributed by atoms with van der Waals surface area (Å²) in [5, 5.41) is 4.58. The summed E-state index contributed by atoms with van der Waals surface area (Å²) < 4.78 is 0. The van der Waals surface area contributed by atoms with E-state index in [-0.39, 0.29) is 11.9 Å². The molecule has 0 radical (unpaired) electrons. The Labute approximate surface area is 207 Å². The van der Waals surface area contributed by atoms with Crippen LogP contribution in [0.15, 0.2) is 48.5 Å². The quantitative estimate of drug-likeness (QED) is 0.570. The van der Waals surface area contributed by atoms with Gasteiger partial charge in [-0.15, -0.1) is 0 Å². The Morgan fingerprint density at radius 1 is 0.727 bits per heavy atom. The zero-order valence-corrected chi connectivity index (χ0v) is 20.7. The SMILES string of the molecule is O=C(CN1CCN(CCCN2CCCC2)CC1)NC(c1ccc(Cl)cc1)c1ccc(Cl)cc1. The summed E-state index contributed by atoms with van der Waals surface area (Å²) in [7, 11) is 0. The first-order valence-electron chi connectivity index (χ1n) is 12.0. The lowest BCUT2D eigenvalue weighted by atomic mass is 9.98. The van der Waals surface area contributed by atoms with Crippen LogP contribution in [-0.4, -0.2) is 79.5 Å². The second-order valence-electron chi connectivity index (χ2n) is 9.12. The molecule has 0 aliphatic carbocycles. The molecule has 5 nitrogen and oxygen atoms in total. The van der Waals surface area contributed by atoms with Crippen molar-refractivity contribution in [3.8, 4) is 0 Å². The first kappa shape index (κ1) is 24.5. The van der Waals surface area contributed by atoms with Gasteiger partial charge in [0.25, 0.3) is 0 Å². The van der Waals surface area contributed by atoms with E-state index in [0.29, 0.717) is 16.6 Å². The maximum atomic E-state index is 13.0. The molecule has 2 aliphatic heterocycles. The van der Waals surface area contributed by atoms with E-state index >= 15 is 0 Å². The molecule has 4 rings (SSSR count). The van der Waals surface area contributed by atoms with Crippen LogP contribution < -0.4 is 5.32 Å². The summed E-state index contributed by atoms with van der Waals surface area (Å²) in [4.78, 5) is 20.4. The van der Waals surface area contributed by atoms with Crippen molar-refractivity contribution in [3.63, 3.8) is 0 Å². The maximum Gasteiger partial charge on any atom is 0.234 e. The van der Waals surface area contributed by atoms with E-state index in [1.165, 1.54) is 38.9 Å². The molecule has 0 unspecified atom stereocenters. The monoisotopic (exact) mass is 488 g/mol. The van der Waals surface area contributed by atoms with Gasteiger partial charge < -0.3 is 15.1 Å². The number of likely N-dealkylation sites (tertiary alicyclic amines) is 1. The summed E-state index contributed by atoms with van der Waals surface area (Å²) in [6, 6.07) is 15.0. The fourth-order valence-corrected chi connectivity index (χ4v) is 5.03. The Morgan fingerprint density at radius 2 is 1.18 bits per heavy atom. The lowest BCUT2D eigenvalue weighted by Crippen LogP contribution is -2.50. The van der Waals surface area contributed by atoms with Gasteiger partial charge in [-0.1, -0.05) is 47.5 Å². The molecule has 0 bridgehead atoms. The van der Waals surface area contributed by atoms with Crippen molar-refractivity contribution in [1.82, 2.24) is 20.0 Å². The van der Waals surface area contributed by atoms with Crippen LogP contribution in [0, 0.1) is 0 Å². The van der Waals surface area contributed by atoms with Gasteiger partial charge in [-0.05, 0) is 80.8 Å². The van der Waals surface area contributed by atoms with Crippen LogP contribution in [0.5, 0.6) is 0 Å². The molecule has 0 aromatic heterocycles. The number of nitrogens with zero attached hydrogens (tertiary/aromatic N) is 3. The van der Waals surface area contributed by atoms with Crippen LogP contribution in [0.2, 0.25) is 10.0 Å². The number of hydrogen-bond donors (Lipinski definition) is 1. The van der Waals surface area contributed by atoms with E-state index in [9.17, 15) is 4.79 Å². The highest BCUT2D eigenvalue weighted by atomic mass is 35.5. The zero-order valence-electron chi connectivity index (χ0n) is 19.2. The van der Waals surface area contributed by atoms with Crippen LogP contribution in [0.1, 0.15) is 36.4 Å². The van der Waals surface area contributed by atoms with Gasteiger partial charge in [0, 0.05) is 36.2 Å². The van der Waals surface area contributed by atoms with E-state index < -0.39 is 0 Å². The number of hydrogen-bond acceptors (Lipinski definition) is 4. The van der Waals surface area contributed by atoms with Crippen molar-refractivity contribution < 1.29 is 4.79 Å². The van der Waals surface area contributed by atoms with Gasteiger partial charge in [0.15, 0.2) is 0 Å². The third-order valence-corrected chi connectivity index (χ3v) is 7.20. The largest absolute Gasteiger partial charge is 0.344 e. The molecule has 178 valence electrons. The first-order valence-corrected chi connectivity index (χ1v) is 12.8. The van der Waals surface area contributed by atoms with E-state index in [2.05, 4.69) is 20.0 Å². The van der Waals surface area contributed by atoms with Crippen molar-refractivity contribution in [2.45, 2.75) is 25.3 Å². The number of halogens is 2. The summed E-state index contributed by atoms with van der Waals surface area (Å²) in [6.07, 6.45) is 3.96. The number of nitrogens with one attached hydrogen (secondary N) is 1. The predicted molar refractivity (Wildman–Crippen MR) is 136 cm³/mol. The molecule has 7 heteroatoms. The van der Waals surface area contributed by atoms with Gasteiger partial charge in [-0.25, -0.2) is 0 Å². The molecule has 33 heavy (non-hydrogen) atoms. The predicted octanol–water partition coefficient (Wildman–Crippen LogP) is 4.30. The molecule has 2 aliphatic rings. The molecule has 2 saturated heterocycles. The Kier molecular flexibility index (Phi) is 9.04. The first-order chi connectivity index (χ1) is 16.1. The molecule has 2 heterocycles. The van der Waals surface area contributed by atoms with Gasteiger partial charge in [0.2, 0.25) is 5.91 Å². The minimum absolute atomic E-state index is 0.0346. The topological polar surface area (TPSA) is 38.8 Å². The van der Waals surface area contributed by atoms with Gasteiger partial charge >= 0.3 is 0 Å². The third kappa shape index (κ3) is 7.43. The Hall–Kier alpha value is -1.63. The molecule has 0 atom stereocenters. The van der Waals surface area contributed by atoms with Crippen molar-refractivity contribution in [2.75, 3.05) is 58.9 Å². The summed E-state index contributed by atoms with van der Waals surface area (Å²) in [5.41, 5.74) is 2.00. The third-order valence-electron chi connectivity index (χ3n) is 6.69. The molecule has 0 saturated carbocycles. The van der Waals surface area contributed by atoms with Crippen LogP contribution in [-0.2, 0) is 4.79 Å². The number of carbonyl (C=O) groups excluding carboxylic acids is 1. The average molecular weight is 489 g/mol. The summed E-state index contributed by atoms with van der Waals surface area (Å²) in [6.45, 7) is 9.28. The average Bonchev–Trinajstić information content (AvgIpc) is 3.34. The van der Waals surface area contributed by atoms with Crippen molar-refractivity contribution in [3.05, 3.63) is 69.7 Å². The lowest BCUT2D eigenvalue weighted by molar-refractivity contribution is -0.123. The Balaban J connectivity index is 1.27. The number of piperazine rings is 1. The molecule has 2 aromatic carbocycles. The molecule has 1 N–H and O–H groups in total. The molecule has 2 aromatic rings. The summed E-state index contributed by atoms with van der Waals surface area (Å²) >= 11 is 12.2. The van der Waals surface area contributed by atoms with E-state index in [4.69, 9.17) is 23.2 Å². The number of amides is 1. The zero-order chi connectivity index (χ0) is 23.0. The fourth-order valence-electron chi connectivity index (χ4n) is 4.77. The van der Waals surface area contributed by atoms with Gasteiger partial charge in [0.1, 0.15) is 0 Å². The van der Waals surface area contributed by atoms with Crippen molar-refractivity contribution in [1.29, 1.82) is 0 Å². The summed E-state index contributed by atoms with van der Waals surface area (Å²) in [5.74, 6) is 0.0346. The van der Waals surface area contributed by atoms with Crippen LogP contribution in [0.25, 0.3) is 0 Å². The molecular formula is C26H34Cl2N4O. The van der Waals surface area contributed by atoms with Gasteiger partial charge in [-0.3, -0.25) is 9.69 Å². The van der Waals surface area contributed by atoms with E-state index in [1.54, 1.807) is 0 Å².